The summed E-state index contributed by atoms with van der Waals surface area (Å²) in [5, 5.41) is 0. The smallest absolute Gasteiger partial charge is 0.207 e. The van der Waals surface area contributed by atoms with Crippen LogP contribution in [0.25, 0.3) is 0 Å². The Hall–Kier alpha value is -1.62. The van der Waals surface area contributed by atoms with Gasteiger partial charge in [-0.05, 0) is 60.0 Å². The molecular weight excluding hydrogens is 539 g/mol. The Morgan fingerprint density at radius 3 is 0.812 bits per heavy atom. The van der Waals surface area contributed by atoms with E-state index in [4.69, 9.17) is 32.0 Å². The molecule has 32 heavy (non-hydrogen) atoms. The van der Waals surface area contributed by atoms with Crippen LogP contribution in [0.2, 0.25) is 0 Å². The van der Waals surface area contributed by atoms with Gasteiger partial charge in [-0.25, -0.2) is 25.3 Å². The number of hydrogen-bond donors (Lipinski definition) is 0. The van der Waals surface area contributed by atoms with E-state index in [0.29, 0.717) is 16.7 Å². The van der Waals surface area contributed by atoms with Crippen molar-refractivity contribution < 1.29 is 25.3 Å². The maximum atomic E-state index is 11.6. The van der Waals surface area contributed by atoms with E-state index < -0.39 is 32.6 Å². The second-order valence-electron chi connectivity index (χ2n) is 7.01. The molecule has 0 unspecified atom stereocenters. The summed E-state index contributed by atoms with van der Waals surface area (Å²) in [7, 11) is 4.45. The molecule has 0 aliphatic carbocycles. The first-order chi connectivity index (χ1) is 14.6. The fraction of sp³-hybridized carbons (Fsp3) is 0.100. The van der Waals surface area contributed by atoms with Crippen molar-refractivity contribution in [1.29, 1.82) is 0 Å². The zero-order valence-electron chi connectivity index (χ0n) is 16.2. The highest BCUT2D eigenvalue weighted by atomic mass is 35.7. The van der Waals surface area contributed by atoms with Crippen LogP contribution in [0.1, 0.15) is 23.6 Å². The zero-order chi connectivity index (χ0) is 23.9. The first-order valence-electron chi connectivity index (χ1n) is 8.79. The topological polar surface area (TPSA) is 102 Å². The number of halogens is 3. The molecule has 0 radical (unpaired) electrons. The van der Waals surface area contributed by atoms with Crippen molar-refractivity contribution >= 4 is 59.2 Å². The minimum Gasteiger partial charge on any atom is -0.207 e. The third kappa shape index (κ3) is 5.13. The Morgan fingerprint density at radius 2 is 0.656 bits per heavy atom. The average molecular weight is 554 g/mol. The van der Waals surface area contributed by atoms with Crippen molar-refractivity contribution in [3.8, 4) is 0 Å². The number of rotatable bonds is 6. The Morgan fingerprint density at radius 1 is 0.469 bits per heavy atom. The maximum absolute atomic E-state index is 11.6. The summed E-state index contributed by atoms with van der Waals surface area (Å²) < 4.78 is 69.7. The fourth-order valence-corrected chi connectivity index (χ4v) is 5.66. The minimum atomic E-state index is -3.93. The standard InChI is InChI=1S/C20H15Cl3O6S3/c1-20(14-2-8-17(9-3-14)30(21,24)25,15-4-10-18(11-5-15)31(22,26)27)16-6-12-19(13-7-16)32(23,28)29/h2-13H,1H3. The molecule has 0 amide bonds. The molecule has 0 aliphatic heterocycles. The van der Waals surface area contributed by atoms with Gasteiger partial charge in [-0.2, -0.15) is 0 Å². The van der Waals surface area contributed by atoms with Crippen LogP contribution in [0.15, 0.2) is 87.5 Å². The third-order valence-corrected chi connectivity index (χ3v) is 9.25. The van der Waals surface area contributed by atoms with Crippen LogP contribution in [0.5, 0.6) is 0 Å². The van der Waals surface area contributed by atoms with Crippen molar-refractivity contribution in [2.45, 2.75) is 27.0 Å². The van der Waals surface area contributed by atoms with Gasteiger partial charge in [0.25, 0.3) is 27.2 Å². The molecule has 0 aromatic heterocycles. The Balaban J connectivity index is 2.23. The highest BCUT2D eigenvalue weighted by molar-refractivity contribution is 8.14. The lowest BCUT2D eigenvalue weighted by atomic mass is 9.71. The normalized spacial score (nSPS) is 13.1. The zero-order valence-corrected chi connectivity index (χ0v) is 21.0. The summed E-state index contributed by atoms with van der Waals surface area (Å²) in [4.78, 5) is -0.257. The van der Waals surface area contributed by atoms with Gasteiger partial charge in [-0.1, -0.05) is 36.4 Å². The van der Waals surface area contributed by atoms with E-state index in [9.17, 15) is 25.3 Å². The van der Waals surface area contributed by atoms with E-state index in [0.717, 1.165) is 0 Å². The van der Waals surface area contributed by atoms with E-state index in [1.165, 1.54) is 36.4 Å². The van der Waals surface area contributed by atoms with Crippen LogP contribution in [-0.2, 0) is 32.6 Å². The van der Waals surface area contributed by atoms with Crippen LogP contribution in [-0.4, -0.2) is 25.3 Å². The summed E-state index contributed by atoms with van der Waals surface area (Å²) in [5.74, 6) is 0. The molecule has 0 spiro atoms. The molecule has 12 heteroatoms. The summed E-state index contributed by atoms with van der Waals surface area (Å²) >= 11 is 0. The minimum absolute atomic E-state index is 0.0857. The lowest BCUT2D eigenvalue weighted by Crippen LogP contribution is -2.25. The first kappa shape index (κ1) is 25.0. The van der Waals surface area contributed by atoms with E-state index >= 15 is 0 Å². The Bertz CT molecular complexity index is 1280. The molecule has 3 rings (SSSR count). The van der Waals surface area contributed by atoms with Crippen molar-refractivity contribution in [3.05, 3.63) is 89.5 Å². The van der Waals surface area contributed by atoms with Gasteiger partial charge in [0.2, 0.25) is 0 Å². The van der Waals surface area contributed by atoms with E-state index in [-0.39, 0.29) is 14.7 Å². The molecule has 0 fully saturated rings. The highest BCUT2D eigenvalue weighted by Crippen LogP contribution is 2.40. The lowest BCUT2D eigenvalue weighted by molar-refractivity contribution is 0.608. The van der Waals surface area contributed by atoms with E-state index in [1.54, 1.807) is 36.4 Å². The van der Waals surface area contributed by atoms with Gasteiger partial charge in [-0.15, -0.1) is 0 Å². The molecule has 0 saturated carbocycles. The van der Waals surface area contributed by atoms with Crippen molar-refractivity contribution in [3.63, 3.8) is 0 Å². The third-order valence-electron chi connectivity index (χ3n) is 5.14. The Kier molecular flexibility index (Phi) is 6.74. The van der Waals surface area contributed by atoms with Gasteiger partial charge in [0.1, 0.15) is 0 Å². The van der Waals surface area contributed by atoms with Crippen LogP contribution in [0, 0.1) is 0 Å². The fourth-order valence-electron chi connectivity index (χ4n) is 3.35. The Labute approximate surface area is 200 Å². The van der Waals surface area contributed by atoms with E-state index in [1.807, 2.05) is 6.92 Å². The number of hydrogen-bond acceptors (Lipinski definition) is 6. The predicted octanol–water partition coefficient (Wildman–Crippen LogP) is 4.82. The number of benzene rings is 3. The summed E-state index contributed by atoms with van der Waals surface area (Å²) in [6, 6.07) is 17.6. The molecule has 0 aliphatic rings. The summed E-state index contributed by atoms with van der Waals surface area (Å²) in [6.07, 6.45) is 0. The molecule has 170 valence electrons. The van der Waals surface area contributed by atoms with Crippen LogP contribution in [0.3, 0.4) is 0 Å². The van der Waals surface area contributed by atoms with Crippen molar-refractivity contribution in [1.82, 2.24) is 0 Å². The van der Waals surface area contributed by atoms with Gasteiger partial charge < -0.3 is 0 Å². The van der Waals surface area contributed by atoms with Crippen molar-refractivity contribution in [2.24, 2.45) is 0 Å². The molecule has 0 N–H and O–H groups in total. The molecule has 3 aromatic carbocycles. The van der Waals surface area contributed by atoms with E-state index in [2.05, 4.69) is 0 Å². The monoisotopic (exact) mass is 552 g/mol. The molecule has 0 heterocycles. The molecule has 6 nitrogen and oxygen atoms in total. The predicted molar refractivity (Wildman–Crippen MR) is 124 cm³/mol. The largest absolute Gasteiger partial charge is 0.261 e. The molecule has 3 aromatic rings. The quantitative estimate of drug-likeness (QED) is 0.320. The van der Waals surface area contributed by atoms with Crippen LogP contribution < -0.4 is 0 Å². The van der Waals surface area contributed by atoms with Gasteiger partial charge in [0.15, 0.2) is 0 Å². The maximum Gasteiger partial charge on any atom is 0.261 e. The molecule has 0 saturated heterocycles. The molecule has 0 bridgehead atoms. The lowest BCUT2D eigenvalue weighted by Gasteiger charge is -2.32. The summed E-state index contributed by atoms with van der Waals surface area (Å²) in [6.45, 7) is 1.83. The van der Waals surface area contributed by atoms with Crippen LogP contribution >= 0.6 is 32.0 Å². The molecular formula is C20H15Cl3O6S3. The van der Waals surface area contributed by atoms with Crippen LogP contribution in [0.4, 0.5) is 0 Å². The molecule has 0 atom stereocenters. The second kappa shape index (κ2) is 8.62. The average Bonchev–Trinajstić information content (AvgIpc) is 2.71. The SMILES string of the molecule is CC(c1ccc(S(=O)(=O)Cl)cc1)(c1ccc(S(=O)(=O)Cl)cc1)c1ccc(S(=O)(=O)Cl)cc1. The highest BCUT2D eigenvalue weighted by Gasteiger charge is 2.32. The second-order valence-corrected chi connectivity index (χ2v) is 14.7. The van der Waals surface area contributed by atoms with Gasteiger partial charge >= 0.3 is 0 Å². The first-order valence-corrected chi connectivity index (χ1v) is 15.7. The van der Waals surface area contributed by atoms with Crippen molar-refractivity contribution in [2.75, 3.05) is 0 Å². The summed E-state index contributed by atoms with van der Waals surface area (Å²) in [5.41, 5.74) is 0.997. The van der Waals surface area contributed by atoms with Gasteiger partial charge in [-0.3, -0.25) is 0 Å². The van der Waals surface area contributed by atoms with Gasteiger partial charge in [0, 0.05) is 37.5 Å². The van der Waals surface area contributed by atoms with Gasteiger partial charge in [0.05, 0.1) is 14.7 Å².